The Morgan fingerprint density at radius 2 is 1.75 bits per heavy atom. The first-order valence-electron chi connectivity index (χ1n) is 5.72. The second-order valence-corrected chi connectivity index (χ2v) is 4.70. The maximum Gasteiger partial charge on any atom is 0.407 e. The van der Waals surface area contributed by atoms with Crippen molar-refractivity contribution >= 4 is 6.09 Å². The van der Waals surface area contributed by atoms with E-state index in [1.165, 1.54) is 12.8 Å². The molecule has 0 unspecified atom stereocenters. The van der Waals surface area contributed by atoms with Gasteiger partial charge in [0, 0.05) is 6.54 Å². The molecule has 0 atom stereocenters. The number of ether oxygens (including phenoxy) is 1. The summed E-state index contributed by atoms with van der Waals surface area (Å²) >= 11 is 0. The third kappa shape index (κ3) is 13.5. The van der Waals surface area contributed by atoms with Crippen LogP contribution < -0.4 is 23.5 Å². The summed E-state index contributed by atoms with van der Waals surface area (Å²) in [4.78, 5) is 11.2. The molecule has 4 nitrogen and oxygen atoms in total. The third-order valence-corrected chi connectivity index (χ3v) is 1.84. The molecule has 0 aromatic rings. The van der Waals surface area contributed by atoms with Crippen molar-refractivity contribution < 1.29 is 27.7 Å². The molecule has 0 bridgehead atoms. The van der Waals surface area contributed by atoms with Crippen LogP contribution in [0.5, 0.6) is 0 Å². The third-order valence-electron chi connectivity index (χ3n) is 1.84. The molecule has 0 rings (SSSR count). The van der Waals surface area contributed by atoms with Crippen LogP contribution in [0, 0.1) is 0 Å². The number of rotatable bonds is 6. The first kappa shape index (κ1) is 17.9. The topological polar surface area (TPSA) is 66.0 Å². The van der Waals surface area contributed by atoms with E-state index in [0.29, 0.717) is 6.54 Å². The Morgan fingerprint density at radius 1 is 1.19 bits per heavy atom. The molecule has 0 aliphatic heterocycles. The number of hydrogen-bond donors (Lipinski definition) is 2. The molecule has 98 valence electrons. The predicted octanol–water partition coefficient (Wildman–Crippen LogP) is -1.68. The first-order valence-corrected chi connectivity index (χ1v) is 5.72. The van der Waals surface area contributed by atoms with Crippen molar-refractivity contribution in [1.82, 2.24) is 5.32 Å². The number of unbranched alkanes of at least 4 members (excludes halogenated alkanes) is 3. The quantitative estimate of drug-likeness (QED) is 0.555. The number of alkyl carbamates (subject to hydrolysis) is 1. The van der Waals surface area contributed by atoms with E-state index in [9.17, 15) is 4.79 Å². The van der Waals surface area contributed by atoms with Gasteiger partial charge in [0.1, 0.15) is 5.60 Å². The molecule has 1 amide bonds. The molecule has 4 N–H and O–H groups in total. The molecule has 0 spiro atoms. The molecule has 0 aliphatic carbocycles. The molecule has 0 saturated heterocycles. The highest BCUT2D eigenvalue weighted by Gasteiger charge is 2.15. The second kappa shape index (κ2) is 9.73. The number of nitrogens with one attached hydrogen (secondary N) is 1. The maximum atomic E-state index is 11.2. The lowest BCUT2D eigenvalue weighted by Gasteiger charge is -2.19. The van der Waals surface area contributed by atoms with E-state index in [1.807, 2.05) is 20.8 Å². The normalized spacial score (nSPS) is 10.5. The van der Waals surface area contributed by atoms with E-state index in [0.717, 1.165) is 19.4 Å². The Bertz CT molecular complexity index is 181. The van der Waals surface area contributed by atoms with Crippen LogP contribution in [0.25, 0.3) is 0 Å². The van der Waals surface area contributed by atoms with Crippen molar-refractivity contribution in [1.29, 1.82) is 0 Å². The first-order chi connectivity index (χ1) is 6.95. The lowest BCUT2D eigenvalue weighted by molar-refractivity contribution is -0.368. The fourth-order valence-corrected chi connectivity index (χ4v) is 1.16. The molecular weight excluding hydrogens is 228 g/mol. The number of hydrogen-bond acceptors (Lipinski definition) is 2. The van der Waals surface area contributed by atoms with E-state index in [-0.39, 0.29) is 18.5 Å². The van der Waals surface area contributed by atoms with Crippen molar-refractivity contribution in [2.45, 2.75) is 52.1 Å². The van der Waals surface area contributed by atoms with E-state index in [4.69, 9.17) is 4.74 Å². The molecule has 0 fully saturated rings. The summed E-state index contributed by atoms with van der Waals surface area (Å²) in [6.45, 7) is 7.29. The van der Waals surface area contributed by atoms with E-state index < -0.39 is 5.60 Å². The fourth-order valence-electron chi connectivity index (χ4n) is 1.16. The van der Waals surface area contributed by atoms with Gasteiger partial charge in [-0.15, -0.1) is 0 Å². The Labute approximate surface area is 105 Å². The molecule has 0 radical (unpaired) electrons. The zero-order valence-electron chi connectivity index (χ0n) is 10.6. The van der Waals surface area contributed by atoms with E-state index in [1.54, 1.807) is 0 Å². The Kier molecular flexibility index (Phi) is 10.9. The number of quaternary nitrogens is 1. The molecular formula is C11H25ClN2O2. The molecule has 0 saturated carbocycles. The van der Waals surface area contributed by atoms with Crippen LogP contribution >= 0.6 is 0 Å². The van der Waals surface area contributed by atoms with Crippen LogP contribution in [0.2, 0.25) is 0 Å². The van der Waals surface area contributed by atoms with Gasteiger partial charge in [-0.25, -0.2) is 4.79 Å². The van der Waals surface area contributed by atoms with Crippen LogP contribution in [0.15, 0.2) is 0 Å². The van der Waals surface area contributed by atoms with E-state index >= 15 is 0 Å². The monoisotopic (exact) mass is 252 g/mol. The molecule has 0 aromatic carbocycles. The lowest BCUT2D eigenvalue weighted by atomic mass is 10.2. The molecule has 0 aromatic heterocycles. The van der Waals surface area contributed by atoms with Crippen LogP contribution in [0.1, 0.15) is 46.5 Å². The van der Waals surface area contributed by atoms with Gasteiger partial charge in [0.05, 0.1) is 6.54 Å². The van der Waals surface area contributed by atoms with Gasteiger partial charge >= 0.3 is 6.09 Å². The van der Waals surface area contributed by atoms with E-state index in [2.05, 4.69) is 11.1 Å². The highest BCUT2D eigenvalue weighted by atomic mass is 35.5. The smallest absolute Gasteiger partial charge is 0.407 e. The summed E-state index contributed by atoms with van der Waals surface area (Å²) in [5, 5.41) is 2.74. The van der Waals surface area contributed by atoms with Gasteiger partial charge in [0.2, 0.25) is 0 Å². The largest absolute Gasteiger partial charge is 1.00 e. The van der Waals surface area contributed by atoms with Crippen LogP contribution in [-0.2, 0) is 4.74 Å². The van der Waals surface area contributed by atoms with Gasteiger partial charge in [-0.2, -0.15) is 0 Å². The summed E-state index contributed by atoms with van der Waals surface area (Å²) < 4.78 is 5.11. The summed E-state index contributed by atoms with van der Waals surface area (Å²) in [6, 6.07) is 0. The second-order valence-electron chi connectivity index (χ2n) is 4.70. The molecule has 0 heterocycles. The molecule has 5 heteroatoms. The zero-order valence-corrected chi connectivity index (χ0v) is 11.4. The SMILES string of the molecule is CC(C)(C)OC(=O)NCCCCCC[NH3+].[Cl-]. The van der Waals surface area contributed by atoms with Gasteiger partial charge in [-0.3, -0.25) is 0 Å². The zero-order chi connectivity index (χ0) is 11.7. The van der Waals surface area contributed by atoms with Gasteiger partial charge in [0.25, 0.3) is 0 Å². The number of carbonyl (C=O) groups is 1. The minimum atomic E-state index is -0.405. The van der Waals surface area contributed by atoms with Crippen molar-refractivity contribution in [2.24, 2.45) is 0 Å². The number of amides is 1. The number of halogens is 1. The van der Waals surface area contributed by atoms with Crippen molar-refractivity contribution in [3.8, 4) is 0 Å². The summed E-state index contributed by atoms with van der Waals surface area (Å²) in [6.07, 6.45) is 4.20. The van der Waals surface area contributed by atoms with Crippen LogP contribution in [0.3, 0.4) is 0 Å². The van der Waals surface area contributed by atoms with Crippen molar-refractivity contribution in [3.05, 3.63) is 0 Å². The Balaban J connectivity index is 0. The Hall–Kier alpha value is -0.480. The minimum absolute atomic E-state index is 0. The van der Waals surface area contributed by atoms with Gasteiger partial charge in [0.15, 0.2) is 0 Å². The lowest BCUT2D eigenvalue weighted by Crippen LogP contribution is -3.00. The standard InChI is InChI=1S/C11H24N2O2.ClH/c1-11(2,3)15-10(14)13-9-7-5-4-6-8-12;/h4-9,12H2,1-3H3,(H,13,14);1H. The summed E-state index contributed by atoms with van der Waals surface area (Å²) in [7, 11) is 0. The van der Waals surface area contributed by atoms with Crippen LogP contribution in [0.4, 0.5) is 4.79 Å². The average molecular weight is 253 g/mol. The number of carbonyl (C=O) groups excluding carboxylic acids is 1. The van der Waals surface area contributed by atoms with Gasteiger partial charge in [-0.1, -0.05) is 6.42 Å². The van der Waals surface area contributed by atoms with Crippen molar-refractivity contribution in [3.63, 3.8) is 0 Å². The minimum Gasteiger partial charge on any atom is -1.00 e. The van der Waals surface area contributed by atoms with Gasteiger partial charge in [-0.05, 0) is 40.0 Å². The maximum absolute atomic E-state index is 11.2. The molecule has 0 aliphatic rings. The van der Waals surface area contributed by atoms with Crippen LogP contribution in [-0.4, -0.2) is 24.8 Å². The van der Waals surface area contributed by atoms with Gasteiger partial charge < -0.3 is 28.2 Å². The Morgan fingerprint density at radius 3 is 2.25 bits per heavy atom. The highest BCUT2D eigenvalue weighted by molar-refractivity contribution is 5.67. The highest BCUT2D eigenvalue weighted by Crippen LogP contribution is 2.06. The summed E-state index contributed by atoms with van der Waals surface area (Å²) in [5.74, 6) is 0. The fraction of sp³-hybridized carbons (Fsp3) is 0.909. The predicted molar refractivity (Wildman–Crippen MR) is 60.5 cm³/mol. The summed E-state index contributed by atoms with van der Waals surface area (Å²) in [5.41, 5.74) is 3.38. The average Bonchev–Trinajstić information content (AvgIpc) is 2.08. The molecule has 16 heavy (non-hydrogen) atoms. The van der Waals surface area contributed by atoms with Crippen molar-refractivity contribution in [2.75, 3.05) is 13.1 Å².